The van der Waals surface area contributed by atoms with Gasteiger partial charge >= 0.3 is 0 Å². The van der Waals surface area contributed by atoms with E-state index in [2.05, 4.69) is 31.9 Å². The molecule has 1 aromatic rings. The van der Waals surface area contributed by atoms with Crippen molar-refractivity contribution in [3.8, 4) is 5.75 Å². The molecule has 0 aliphatic carbocycles. The molecular formula is C9H9Br2NO. The molecule has 0 fully saturated rings. The molecule has 70 valence electrons. The molecule has 1 aliphatic rings. The van der Waals surface area contributed by atoms with Crippen molar-refractivity contribution in [3.05, 3.63) is 26.6 Å². The van der Waals surface area contributed by atoms with Crippen LogP contribution in [0, 0.1) is 0 Å². The summed E-state index contributed by atoms with van der Waals surface area (Å²) in [7, 11) is 0. The van der Waals surface area contributed by atoms with Gasteiger partial charge in [0.05, 0.1) is 6.61 Å². The van der Waals surface area contributed by atoms with E-state index in [4.69, 9.17) is 10.5 Å². The summed E-state index contributed by atoms with van der Waals surface area (Å²) in [6, 6.07) is 4.08. The molecule has 1 aromatic carbocycles. The van der Waals surface area contributed by atoms with E-state index in [0.717, 1.165) is 26.7 Å². The second-order valence-corrected chi connectivity index (χ2v) is 4.76. The lowest BCUT2D eigenvalue weighted by molar-refractivity contribution is 0.268. The number of rotatable bonds is 0. The summed E-state index contributed by atoms with van der Waals surface area (Å²) in [5.41, 5.74) is 7.03. The maximum absolute atomic E-state index is 5.95. The van der Waals surface area contributed by atoms with Gasteiger partial charge in [-0.25, -0.2) is 0 Å². The fourth-order valence-corrected chi connectivity index (χ4v) is 2.09. The Kier molecular flexibility index (Phi) is 2.62. The normalized spacial score (nSPS) is 20.7. The van der Waals surface area contributed by atoms with Gasteiger partial charge in [-0.15, -0.1) is 0 Å². The third-order valence-electron chi connectivity index (χ3n) is 2.14. The van der Waals surface area contributed by atoms with Crippen molar-refractivity contribution in [1.82, 2.24) is 0 Å². The highest BCUT2D eigenvalue weighted by molar-refractivity contribution is 9.13. The smallest absolute Gasteiger partial charge is 0.125 e. The Morgan fingerprint density at radius 3 is 2.77 bits per heavy atom. The van der Waals surface area contributed by atoms with E-state index in [0.29, 0.717) is 6.61 Å². The lowest BCUT2D eigenvalue weighted by Crippen LogP contribution is -2.20. The summed E-state index contributed by atoms with van der Waals surface area (Å²) >= 11 is 6.87. The predicted molar refractivity (Wildman–Crippen MR) is 58.9 cm³/mol. The molecule has 13 heavy (non-hydrogen) atoms. The number of nitrogens with two attached hydrogens (primary N) is 1. The average Bonchev–Trinajstić information content (AvgIpc) is 2.09. The molecule has 4 heteroatoms. The first kappa shape index (κ1) is 9.49. The van der Waals surface area contributed by atoms with Gasteiger partial charge in [-0.1, -0.05) is 0 Å². The highest BCUT2D eigenvalue weighted by Gasteiger charge is 2.19. The highest BCUT2D eigenvalue weighted by Crippen LogP contribution is 2.37. The Labute approximate surface area is 93.7 Å². The standard InChI is InChI=1S/C9H9Br2NO/c10-6-3-5-8(12)1-2-13-9(5)4-7(6)11/h3-4,8H,1-2,12H2. The summed E-state index contributed by atoms with van der Waals surface area (Å²) in [6.45, 7) is 0.711. The maximum Gasteiger partial charge on any atom is 0.125 e. The zero-order valence-electron chi connectivity index (χ0n) is 6.89. The molecule has 1 unspecified atom stereocenters. The zero-order valence-corrected chi connectivity index (χ0v) is 10.1. The molecule has 2 rings (SSSR count). The third-order valence-corrected chi connectivity index (χ3v) is 3.98. The molecule has 0 amide bonds. The second-order valence-electron chi connectivity index (χ2n) is 3.05. The summed E-state index contributed by atoms with van der Waals surface area (Å²) in [5.74, 6) is 0.897. The minimum atomic E-state index is 0.105. The van der Waals surface area contributed by atoms with E-state index in [1.165, 1.54) is 0 Å². The van der Waals surface area contributed by atoms with Gasteiger partial charge in [-0.3, -0.25) is 0 Å². The van der Waals surface area contributed by atoms with Gasteiger partial charge in [0.1, 0.15) is 5.75 Å². The molecule has 2 nitrogen and oxygen atoms in total. The maximum atomic E-state index is 5.95. The van der Waals surface area contributed by atoms with E-state index in [1.807, 2.05) is 12.1 Å². The van der Waals surface area contributed by atoms with Crippen molar-refractivity contribution < 1.29 is 4.74 Å². The second kappa shape index (κ2) is 3.59. The van der Waals surface area contributed by atoms with Crippen molar-refractivity contribution >= 4 is 31.9 Å². The Hall–Kier alpha value is -0.0600. The van der Waals surface area contributed by atoms with Crippen LogP contribution in [0.25, 0.3) is 0 Å². The molecule has 0 saturated heterocycles. The number of hydrogen-bond donors (Lipinski definition) is 1. The molecule has 0 spiro atoms. The minimum Gasteiger partial charge on any atom is -0.493 e. The van der Waals surface area contributed by atoms with Gasteiger partial charge < -0.3 is 10.5 Å². The van der Waals surface area contributed by atoms with Crippen molar-refractivity contribution in [3.63, 3.8) is 0 Å². The summed E-state index contributed by atoms with van der Waals surface area (Å²) in [4.78, 5) is 0. The van der Waals surface area contributed by atoms with Gasteiger partial charge in [-0.2, -0.15) is 0 Å². The van der Waals surface area contributed by atoms with E-state index in [1.54, 1.807) is 0 Å². The van der Waals surface area contributed by atoms with Crippen molar-refractivity contribution in [2.45, 2.75) is 12.5 Å². The first-order chi connectivity index (χ1) is 6.18. The molecule has 0 bridgehead atoms. The SMILES string of the molecule is NC1CCOc2cc(Br)c(Br)cc21. The van der Waals surface area contributed by atoms with Crippen molar-refractivity contribution in [2.75, 3.05) is 6.61 Å². The van der Waals surface area contributed by atoms with Gasteiger partial charge in [0, 0.05) is 27.0 Å². The fraction of sp³-hybridized carbons (Fsp3) is 0.333. The van der Waals surface area contributed by atoms with E-state index >= 15 is 0 Å². The van der Waals surface area contributed by atoms with Crippen LogP contribution in [0.3, 0.4) is 0 Å². The van der Waals surface area contributed by atoms with Gasteiger partial charge in [0.25, 0.3) is 0 Å². The van der Waals surface area contributed by atoms with Gasteiger partial charge in [-0.05, 0) is 44.0 Å². The van der Waals surface area contributed by atoms with Gasteiger partial charge in [0.2, 0.25) is 0 Å². The molecule has 0 aromatic heterocycles. The quantitative estimate of drug-likeness (QED) is 0.800. The molecular weight excluding hydrogens is 298 g/mol. The minimum absolute atomic E-state index is 0.105. The lowest BCUT2D eigenvalue weighted by atomic mass is 10.0. The Bertz CT molecular complexity index is 341. The predicted octanol–water partition coefficient (Wildman–Crippen LogP) is 2.99. The van der Waals surface area contributed by atoms with Crippen LogP contribution in [0.2, 0.25) is 0 Å². The first-order valence-corrected chi connectivity index (χ1v) is 5.64. The van der Waals surface area contributed by atoms with E-state index in [-0.39, 0.29) is 6.04 Å². The highest BCUT2D eigenvalue weighted by atomic mass is 79.9. The molecule has 0 saturated carbocycles. The molecule has 0 radical (unpaired) electrons. The van der Waals surface area contributed by atoms with Crippen LogP contribution in [-0.2, 0) is 0 Å². The Morgan fingerprint density at radius 2 is 2.00 bits per heavy atom. The van der Waals surface area contributed by atoms with Gasteiger partial charge in [0.15, 0.2) is 0 Å². The van der Waals surface area contributed by atoms with Crippen LogP contribution >= 0.6 is 31.9 Å². The summed E-state index contributed by atoms with van der Waals surface area (Å²) in [5, 5.41) is 0. The van der Waals surface area contributed by atoms with E-state index in [9.17, 15) is 0 Å². The van der Waals surface area contributed by atoms with Crippen LogP contribution in [-0.4, -0.2) is 6.61 Å². The third kappa shape index (κ3) is 1.75. The summed E-state index contributed by atoms with van der Waals surface area (Å²) < 4.78 is 7.52. The Balaban J connectivity index is 2.52. The number of halogens is 2. The van der Waals surface area contributed by atoms with Crippen LogP contribution in [0.15, 0.2) is 21.1 Å². The molecule has 1 aliphatic heterocycles. The summed E-state index contributed by atoms with van der Waals surface area (Å²) in [6.07, 6.45) is 0.890. The van der Waals surface area contributed by atoms with Crippen molar-refractivity contribution in [1.29, 1.82) is 0 Å². The van der Waals surface area contributed by atoms with Crippen LogP contribution in [0.1, 0.15) is 18.0 Å². The lowest BCUT2D eigenvalue weighted by Gasteiger charge is -2.23. The number of hydrogen-bond acceptors (Lipinski definition) is 2. The Morgan fingerprint density at radius 1 is 1.31 bits per heavy atom. The van der Waals surface area contributed by atoms with Crippen LogP contribution < -0.4 is 10.5 Å². The number of ether oxygens (including phenoxy) is 1. The van der Waals surface area contributed by atoms with Crippen LogP contribution in [0.4, 0.5) is 0 Å². The topological polar surface area (TPSA) is 35.2 Å². The monoisotopic (exact) mass is 305 g/mol. The van der Waals surface area contributed by atoms with E-state index < -0.39 is 0 Å². The fourth-order valence-electron chi connectivity index (χ4n) is 1.41. The molecule has 1 atom stereocenters. The first-order valence-electron chi connectivity index (χ1n) is 4.06. The molecule has 2 N–H and O–H groups in total. The number of fused-ring (bicyclic) bond motifs is 1. The molecule has 1 heterocycles. The van der Waals surface area contributed by atoms with Crippen LogP contribution in [0.5, 0.6) is 5.75 Å². The average molecular weight is 307 g/mol. The zero-order chi connectivity index (χ0) is 9.42. The van der Waals surface area contributed by atoms with Crippen molar-refractivity contribution in [2.24, 2.45) is 5.73 Å². The number of benzene rings is 1. The largest absolute Gasteiger partial charge is 0.493 e.